The number of ether oxygens (including phenoxy) is 2. The van der Waals surface area contributed by atoms with Crippen molar-refractivity contribution in [2.24, 2.45) is 5.92 Å². The van der Waals surface area contributed by atoms with E-state index in [1.54, 1.807) is 7.11 Å². The first-order valence-corrected chi connectivity index (χ1v) is 11.0. The van der Waals surface area contributed by atoms with Gasteiger partial charge in [0.15, 0.2) is 0 Å². The average Bonchev–Trinajstić information content (AvgIpc) is 3.22. The van der Waals surface area contributed by atoms with Crippen LogP contribution in [0.2, 0.25) is 0 Å². The van der Waals surface area contributed by atoms with E-state index in [0.717, 1.165) is 32.1 Å². The van der Waals surface area contributed by atoms with Crippen molar-refractivity contribution in [2.75, 3.05) is 33.4 Å². The maximum absolute atomic E-state index is 5.75. The molecule has 2 saturated carbocycles. The minimum Gasteiger partial charge on any atom is -0.497 e. The van der Waals surface area contributed by atoms with E-state index < -0.39 is 0 Å². The van der Waals surface area contributed by atoms with Gasteiger partial charge in [0.1, 0.15) is 5.75 Å². The van der Waals surface area contributed by atoms with Crippen molar-refractivity contribution in [3.8, 4) is 5.75 Å². The molecule has 1 aromatic carbocycles. The van der Waals surface area contributed by atoms with Gasteiger partial charge in [0.05, 0.1) is 20.3 Å². The van der Waals surface area contributed by atoms with Crippen molar-refractivity contribution >= 4 is 0 Å². The van der Waals surface area contributed by atoms with E-state index in [1.165, 1.54) is 56.9 Å². The van der Waals surface area contributed by atoms with Crippen LogP contribution in [0.3, 0.4) is 0 Å². The molecule has 4 nitrogen and oxygen atoms in total. The largest absolute Gasteiger partial charge is 0.497 e. The average molecular weight is 373 g/mol. The molecule has 27 heavy (non-hydrogen) atoms. The molecule has 150 valence electrons. The summed E-state index contributed by atoms with van der Waals surface area (Å²) >= 11 is 0. The Morgan fingerprint density at radius 2 is 1.93 bits per heavy atom. The summed E-state index contributed by atoms with van der Waals surface area (Å²) in [4.78, 5) is 0. The Balaban J connectivity index is 1.45. The molecule has 4 rings (SSSR count). The van der Waals surface area contributed by atoms with Crippen molar-refractivity contribution in [3.05, 3.63) is 29.8 Å². The maximum atomic E-state index is 5.75. The standard InChI is InChI=1S/C23H36N2O2/c1-26-19-10-8-18(9-11-19)23(12-3-2-4-13-23)17-25-21-7-5-6-20(21)22-16-27-15-14-24-22/h8-11,20-22,24-25H,2-7,12-17H2,1H3. The van der Waals surface area contributed by atoms with Gasteiger partial charge in [-0.3, -0.25) is 0 Å². The lowest BCUT2D eigenvalue weighted by atomic mass is 9.69. The SMILES string of the molecule is COc1ccc(C2(CNC3CCCC3C3COCCN3)CCCCC2)cc1. The lowest BCUT2D eigenvalue weighted by Gasteiger charge is -2.40. The third kappa shape index (κ3) is 4.33. The first-order chi connectivity index (χ1) is 13.3. The molecule has 3 aliphatic rings. The molecule has 3 atom stereocenters. The zero-order valence-corrected chi connectivity index (χ0v) is 16.8. The Morgan fingerprint density at radius 3 is 2.63 bits per heavy atom. The predicted molar refractivity (Wildman–Crippen MR) is 109 cm³/mol. The number of hydrogen-bond donors (Lipinski definition) is 2. The fraction of sp³-hybridized carbons (Fsp3) is 0.739. The molecule has 1 aromatic rings. The zero-order valence-electron chi connectivity index (χ0n) is 16.8. The van der Waals surface area contributed by atoms with Crippen LogP contribution in [0.15, 0.2) is 24.3 Å². The van der Waals surface area contributed by atoms with Gasteiger partial charge in [-0.05, 0) is 49.3 Å². The van der Waals surface area contributed by atoms with Crippen LogP contribution in [0.4, 0.5) is 0 Å². The molecule has 2 aliphatic carbocycles. The summed E-state index contributed by atoms with van der Waals surface area (Å²) < 4.78 is 11.1. The molecule has 3 unspecified atom stereocenters. The Kier molecular flexibility index (Phi) is 6.36. The van der Waals surface area contributed by atoms with E-state index in [9.17, 15) is 0 Å². The van der Waals surface area contributed by atoms with Gasteiger partial charge in [-0.2, -0.15) is 0 Å². The summed E-state index contributed by atoms with van der Waals surface area (Å²) in [6, 6.07) is 10.0. The number of rotatable bonds is 6. The van der Waals surface area contributed by atoms with E-state index >= 15 is 0 Å². The lowest BCUT2D eigenvalue weighted by Crippen LogP contribution is -2.52. The highest BCUT2D eigenvalue weighted by Gasteiger charge is 2.38. The molecule has 0 aromatic heterocycles. The second-order valence-corrected chi connectivity index (χ2v) is 8.79. The van der Waals surface area contributed by atoms with Gasteiger partial charge in [-0.1, -0.05) is 37.8 Å². The van der Waals surface area contributed by atoms with E-state index in [-0.39, 0.29) is 5.41 Å². The summed E-state index contributed by atoms with van der Waals surface area (Å²) in [6.07, 6.45) is 10.7. The van der Waals surface area contributed by atoms with Crippen LogP contribution in [0.25, 0.3) is 0 Å². The molecule has 0 spiro atoms. The zero-order chi connectivity index (χ0) is 18.5. The first kappa shape index (κ1) is 19.2. The third-order valence-electron chi connectivity index (χ3n) is 7.25. The molecular weight excluding hydrogens is 336 g/mol. The van der Waals surface area contributed by atoms with Gasteiger partial charge in [0, 0.05) is 30.6 Å². The van der Waals surface area contributed by atoms with E-state index in [4.69, 9.17) is 9.47 Å². The minimum atomic E-state index is 0.286. The van der Waals surface area contributed by atoms with Crippen LogP contribution in [-0.2, 0) is 10.2 Å². The Morgan fingerprint density at radius 1 is 1.11 bits per heavy atom. The number of nitrogens with one attached hydrogen (secondary N) is 2. The number of morpholine rings is 1. The maximum Gasteiger partial charge on any atom is 0.118 e. The fourth-order valence-corrected chi connectivity index (χ4v) is 5.65. The molecule has 0 radical (unpaired) electrons. The summed E-state index contributed by atoms with van der Waals surface area (Å²) in [7, 11) is 1.75. The monoisotopic (exact) mass is 372 g/mol. The third-order valence-corrected chi connectivity index (χ3v) is 7.25. The normalized spacial score (nSPS) is 30.9. The van der Waals surface area contributed by atoms with Gasteiger partial charge in [0.2, 0.25) is 0 Å². The molecule has 4 heteroatoms. The molecule has 1 heterocycles. The van der Waals surface area contributed by atoms with Crippen LogP contribution in [0.5, 0.6) is 5.75 Å². The highest BCUT2D eigenvalue weighted by molar-refractivity contribution is 5.33. The van der Waals surface area contributed by atoms with Gasteiger partial charge in [-0.25, -0.2) is 0 Å². The van der Waals surface area contributed by atoms with Crippen LogP contribution >= 0.6 is 0 Å². The Bertz CT molecular complexity index is 577. The highest BCUT2D eigenvalue weighted by Crippen LogP contribution is 2.40. The van der Waals surface area contributed by atoms with Crippen molar-refractivity contribution in [2.45, 2.75) is 68.9 Å². The lowest BCUT2D eigenvalue weighted by molar-refractivity contribution is 0.0518. The second-order valence-electron chi connectivity index (χ2n) is 8.79. The van der Waals surface area contributed by atoms with Gasteiger partial charge in [-0.15, -0.1) is 0 Å². The van der Waals surface area contributed by atoms with Crippen LogP contribution in [0, 0.1) is 5.92 Å². The van der Waals surface area contributed by atoms with Gasteiger partial charge >= 0.3 is 0 Å². The van der Waals surface area contributed by atoms with E-state index in [1.807, 2.05) is 0 Å². The number of benzene rings is 1. The topological polar surface area (TPSA) is 42.5 Å². The summed E-state index contributed by atoms with van der Waals surface area (Å²) in [5.74, 6) is 1.67. The Hall–Kier alpha value is -1.10. The summed E-state index contributed by atoms with van der Waals surface area (Å²) in [5.41, 5.74) is 1.78. The number of methoxy groups -OCH3 is 1. The van der Waals surface area contributed by atoms with E-state index in [2.05, 4.69) is 34.9 Å². The quantitative estimate of drug-likeness (QED) is 0.800. The number of hydrogen-bond acceptors (Lipinski definition) is 4. The first-order valence-electron chi connectivity index (χ1n) is 11.0. The Labute approximate surface area is 164 Å². The summed E-state index contributed by atoms with van der Waals surface area (Å²) in [5, 5.41) is 7.74. The van der Waals surface area contributed by atoms with E-state index in [0.29, 0.717) is 18.0 Å². The van der Waals surface area contributed by atoms with Crippen LogP contribution in [0.1, 0.15) is 56.9 Å². The van der Waals surface area contributed by atoms with Crippen molar-refractivity contribution < 1.29 is 9.47 Å². The van der Waals surface area contributed by atoms with Gasteiger partial charge in [0.25, 0.3) is 0 Å². The van der Waals surface area contributed by atoms with Crippen molar-refractivity contribution in [3.63, 3.8) is 0 Å². The minimum absolute atomic E-state index is 0.286. The molecule has 1 saturated heterocycles. The smallest absolute Gasteiger partial charge is 0.118 e. The predicted octanol–water partition coefficient (Wildman–Crippen LogP) is 3.64. The molecule has 2 N–H and O–H groups in total. The van der Waals surface area contributed by atoms with Crippen molar-refractivity contribution in [1.82, 2.24) is 10.6 Å². The molecule has 0 amide bonds. The van der Waals surface area contributed by atoms with Crippen LogP contribution < -0.4 is 15.4 Å². The van der Waals surface area contributed by atoms with Gasteiger partial charge < -0.3 is 20.1 Å². The second kappa shape index (κ2) is 8.93. The molecule has 1 aliphatic heterocycles. The molecular formula is C23H36N2O2. The summed E-state index contributed by atoms with van der Waals surface area (Å²) in [6.45, 7) is 3.85. The molecule has 0 bridgehead atoms. The molecule has 3 fully saturated rings. The highest BCUT2D eigenvalue weighted by atomic mass is 16.5. The van der Waals surface area contributed by atoms with Crippen molar-refractivity contribution in [1.29, 1.82) is 0 Å². The van der Waals surface area contributed by atoms with Crippen LogP contribution in [-0.4, -0.2) is 45.5 Å². The fourth-order valence-electron chi connectivity index (χ4n) is 5.65.